The molecule has 5 rings (SSSR count). The van der Waals surface area contributed by atoms with E-state index < -0.39 is 11.9 Å². The van der Waals surface area contributed by atoms with Crippen molar-refractivity contribution in [3.05, 3.63) is 59.2 Å². The Morgan fingerprint density at radius 1 is 1.21 bits per heavy atom. The van der Waals surface area contributed by atoms with Gasteiger partial charge in [-0.15, -0.1) is 0 Å². The Labute approximate surface area is 196 Å². The number of aliphatic carboxylic acids is 1. The third kappa shape index (κ3) is 4.73. The van der Waals surface area contributed by atoms with E-state index in [-0.39, 0.29) is 37.1 Å². The predicted molar refractivity (Wildman–Crippen MR) is 123 cm³/mol. The third-order valence-corrected chi connectivity index (χ3v) is 7.04. The molecule has 0 spiro atoms. The summed E-state index contributed by atoms with van der Waals surface area (Å²) in [6.07, 6.45) is 1.34. The van der Waals surface area contributed by atoms with E-state index in [4.69, 9.17) is 9.63 Å². The lowest BCUT2D eigenvalue weighted by Gasteiger charge is -2.13. The number of aryl methyl sites for hydroxylation is 1. The van der Waals surface area contributed by atoms with E-state index in [1.807, 2.05) is 43.3 Å². The van der Waals surface area contributed by atoms with Crippen molar-refractivity contribution in [1.82, 2.24) is 15.5 Å². The average Bonchev–Trinajstić information content (AvgIpc) is 3.53. The lowest BCUT2D eigenvalue weighted by molar-refractivity contribution is -0.137. The fourth-order valence-corrected chi connectivity index (χ4v) is 5.20. The molecule has 1 saturated heterocycles. The van der Waals surface area contributed by atoms with Gasteiger partial charge in [0.1, 0.15) is 0 Å². The lowest BCUT2D eigenvalue weighted by atomic mass is 9.95. The summed E-state index contributed by atoms with van der Waals surface area (Å²) in [5.41, 5.74) is 4.65. The molecule has 1 aliphatic carbocycles. The van der Waals surface area contributed by atoms with Crippen molar-refractivity contribution in [3.63, 3.8) is 0 Å². The molecule has 0 amide bonds. The highest BCUT2D eigenvalue weighted by atomic mass is 19.3. The first-order chi connectivity index (χ1) is 16.3. The number of carboxylic acid groups (broad SMARTS) is 1. The first-order valence-corrected chi connectivity index (χ1v) is 11.7. The Balaban J connectivity index is 1.29. The number of halogens is 2. The first kappa shape index (κ1) is 22.7. The molecule has 6 nitrogen and oxygen atoms in total. The molecular weight excluding hydrogens is 440 g/mol. The quantitative estimate of drug-likeness (QED) is 0.481. The summed E-state index contributed by atoms with van der Waals surface area (Å²) in [5.74, 6) is -2.43. The van der Waals surface area contributed by atoms with E-state index >= 15 is 0 Å². The van der Waals surface area contributed by atoms with Crippen molar-refractivity contribution in [2.24, 2.45) is 5.92 Å². The van der Waals surface area contributed by atoms with Gasteiger partial charge in [0.2, 0.25) is 11.7 Å². The zero-order valence-electron chi connectivity index (χ0n) is 18.9. The Morgan fingerprint density at radius 3 is 2.65 bits per heavy atom. The van der Waals surface area contributed by atoms with Gasteiger partial charge < -0.3 is 14.9 Å². The number of carbonyl (C=O) groups is 1. The van der Waals surface area contributed by atoms with Crippen LogP contribution in [0.2, 0.25) is 0 Å². The molecule has 1 aromatic heterocycles. The normalized spacial score (nSPS) is 23.9. The monoisotopic (exact) mass is 467 g/mol. The molecule has 2 heterocycles. The van der Waals surface area contributed by atoms with Crippen molar-refractivity contribution in [2.45, 2.75) is 56.9 Å². The minimum Gasteiger partial charge on any atom is -0.481 e. The molecule has 2 aliphatic rings. The summed E-state index contributed by atoms with van der Waals surface area (Å²) in [6, 6.07) is 13.6. The number of carboxylic acids is 1. The number of aromatic nitrogens is 2. The molecule has 3 atom stereocenters. The molecule has 34 heavy (non-hydrogen) atoms. The fourth-order valence-electron chi connectivity index (χ4n) is 5.20. The van der Waals surface area contributed by atoms with Crippen molar-refractivity contribution in [1.29, 1.82) is 0 Å². The van der Waals surface area contributed by atoms with Crippen molar-refractivity contribution >= 4 is 5.97 Å². The van der Waals surface area contributed by atoms with Crippen LogP contribution in [0.25, 0.3) is 22.8 Å². The van der Waals surface area contributed by atoms with Gasteiger partial charge in [-0.05, 0) is 67.0 Å². The molecule has 0 radical (unpaired) electrons. The second kappa shape index (κ2) is 8.91. The van der Waals surface area contributed by atoms with Gasteiger partial charge in [-0.2, -0.15) is 4.98 Å². The van der Waals surface area contributed by atoms with Crippen LogP contribution in [0, 0.1) is 12.8 Å². The van der Waals surface area contributed by atoms with Crippen molar-refractivity contribution < 1.29 is 23.2 Å². The van der Waals surface area contributed by atoms with E-state index in [0.717, 1.165) is 34.2 Å². The molecule has 0 unspecified atom stereocenters. The van der Waals surface area contributed by atoms with Crippen molar-refractivity contribution in [3.8, 4) is 22.8 Å². The van der Waals surface area contributed by atoms with Crippen LogP contribution < -0.4 is 5.32 Å². The van der Waals surface area contributed by atoms with Crippen LogP contribution in [0.15, 0.2) is 47.0 Å². The predicted octanol–water partition coefficient (Wildman–Crippen LogP) is 5.74. The molecule has 1 saturated carbocycles. The SMILES string of the molecule is Cc1cc([C@@H]2C[C@@H](CC(=O)O)CN2)ccc1-c1noc(-c2ccc([C@@H]3CCC(F)(F)C3)cc2)n1. The van der Waals surface area contributed by atoms with Gasteiger partial charge in [0.15, 0.2) is 0 Å². The minimum absolute atomic E-state index is 0.0513. The summed E-state index contributed by atoms with van der Waals surface area (Å²) in [4.78, 5) is 15.5. The summed E-state index contributed by atoms with van der Waals surface area (Å²) in [7, 11) is 0. The van der Waals surface area contributed by atoms with Gasteiger partial charge in [-0.25, -0.2) is 8.78 Å². The number of hydrogen-bond acceptors (Lipinski definition) is 5. The third-order valence-electron chi connectivity index (χ3n) is 7.04. The van der Waals surface area contributed by atoms with Crippen LogP contribution in [0.4, 0.5) is 8.78 Å². The lowest BCUT2D eigenvalue weighted by Crippen LogP contribution is -2.14. The van der Waals surface area contributed by atoms with Gasteiger partial charge in [-0.1, -0.05) is 35.5 Å². The van der Waals surface area contributed by atoms with Gasteiger partial charge in [-0.3, -0.25) is 4.79 Å². The largest absolute Gasteiger partial charge is 0.481 e. The standard InChI is InChI=1S/C26H27F2N3O3/c1-15-10-19(22-11-16(14-29-22)12-23(32)33)6-7-21(15)24-30-25(34-31-24)18-4-2-17(3-5-18)20-8-9-26(27,28)13-20/h2-7,10,16,20,22,29H,8-9,11-14H2,1H3,(H,32,33)/t16-,20+,22-/m0/s1. The molecule has 8 heteroatoms. The zero-order chi connectivity index (χ0) is 23.9. The number of benzene rings is 2. The molecule has 2 N–H and O–H groups in total. The van der Waals surface area contributed by atoms with Crippen molar-refractivity contribution in [2.75, 3.05) is 6.54 Å². The number of alkyl halides is 2. The Hall–Kier alpha value is -3.13. The van der Waals surface area contributed by atoms with Crippen LogP contribution in [-0.4, -0.2) is 33.7 Å². The molecular formula is C26H27F2N3O3. The summed E-state index contributed by atoms with van der Waals surface area (Å²) in [5, 5.41) is 16.6. The highest BCUT2D eigenvalue weighted by molar-refractivity contribution is 5.67. The Bertz CT molecular complexity index is 1190. The van der Waals surface area contributed by atoms with Crippen LogP contribution >= 0.6 is 0 Å². The van der Waals surface area contributed by atoms with Crippen LogP contribution in [0.3, 0.4) is 0 Å². The van der Waals surface area contributed by atoms with Gasteiger partial charge in [0.25, 0.3) is 5.89 Å². The smallest absolute Gasteiger partial charge is 0.303 e. The zero-order valence-corrected chi connectivity index (χ0v) is 18.9. The maximum Gasteiger partial charge on any atom is 0.303 e. The van der Waals surface area contributed by atoms with Gasteiger partial charge in [0, 0.05) is 36.4 Å². The molecule has 1 aliphatic heterocycles. The Kier molecular flexibility index (Phi) is 5.93. The molecule has 3 aromatic rings. The Morgan fingerprint density at radius 2 is 1.97 bits per heavy atom. The second-order valence-electron chi connectivity index (χ2n) is 9.58. The average molecular weight is 468 g/mol. The number of nitrogens with one attached hydrogen (secondary N) is 1. The number of rotatable bonds is 6. The maximum absolute atomic E-state index is 13.5. The van der Waals surface area contributed by atoms with E-state index in [1.165, 1.54) is 0 Å². The fraction of sp³-hybridized carbons (Fsp3) is 0.423. The van der Waals surface area contributed by atoms with Gasteiger partial charge in [0.05, 0.1) is 0 Å². The minimum atomic E-state index is -2.56. The highest BCUT2D eigenvalue weighted by Gasteiger charge is 2.39. The van der Waals surface area contributed by atoms with E-state index in [9.17, 15) is 13.6 Å². The molecule has 2 fully saturated rings. The molecule has 0 bridgehead atoms. The topological polar surface area (TPSA) is 88.2 Å². The summed E-state index contributed by atoms with van der Waals surface area (Å²) < 4.78 is 32.6. The maximum atomic E-state index is 13.5. The first-order valence-electron chi connectivity index (χ1n) is 11.7. The van der Waals surface area contributed by atoms with E-state index in [2.05, 4.69) is 21.5 Å². The van der Waals surface area contributed by atoms with E-state index in [0.29, 0.717) is 24.7 Å². The molecule has 178 valence electrons. The highest BCUT2D eigenvalue weighted by Crippen LogP contribution is 2.44. The molecule has 2 aromatic carbocycles. The van der Waals surface area contributed by atoms with Crippen LogP contribution in [0.1, 0.15) is 60.8 Å². The summed E-state index contributed by atoms with van der Waals surface area (Å²) in [6.45, 7) is 2.69. The number of hydrogen-bond donors (Lipinski definition) is 2. The van der Waals surface area contributed by atoms with Crippen LogP contribution in [0.5, 0.6) is 0 Å². The van der Waals surface area contributed by atoms with E-state index in [1.54, 1.807) is 0 Å². The summed E-state index contributed by atoms with van der Waals surface area (Å²) >= 11 is 0. The second-order valence-corrected chi connectivity index (χ2v) is 9.58. The van der Waals surface area contributed by atoms with Gasteiger partial charge >= 0.3 is 5.97 Å². The van der Waals surface area contributed by atoms with Crippen LogP contribution in [-0.2, 0) is 4.79 Å². The number of nitrogens with zero attached hydrogens (tertiary/aromatic N) is 2.